The molecule has 17 heteroatoms. The van der Waals surface area contributed by atoms with Gasteiger partial charge in [-0.05, 0) is 24.9 Å². The molecule has 2 aliphatic rings. The Labute approximate surface area is 205 Å². The van der Waals surface area contributed by atoms with Crippen molar-refractivity contribution in [1.82, 2.24) is 9.62 Å². The third-order valence-corrected chi connectivity index (χ3v) is 7.86. The summed E-state index contributed by atoms with van der Waals surface area (Å²) in [5.74, 6) is -4.65. The minimum absolute atomic E-state index is 0.0316. The Morgan fingerprint density at radius 2 is 1.75 bits per heavy atom. The van der Waals surface area contributed by atoms with E-state index in [1.807, 2.05) is 0 Å². The van der Waals surface area contributed by atoms with Gasteiger partial charge in [-0.15, -0.1) is 0 Å². The van der Waals surface area contributed by atoms with E-state index >= 15 is 0 Å². The van der Waals surface area contributed by atoms with Gasteiger partial charge in [0.1, 0.15) is 5.54 Å². The number of carboxylic acids is 2. The number of benzene rings is 1. The maximum Gasteiger partial charge on any atom is 0.490 e. The van der Waals surface area contributed by atoms with Crippen molar-refractivity contribution in [2.45, 2.75) is 36.9 Å². The minimum atomic E-state index is -5.08. The molecular weight excluding hydrogens is 512 g/mol. The van der Waals surface area contributed by atoms with E-state index in [9.17, 15) is 31.5 Å². The number of anilines is 1. The molecule has 3 rings (SSSR count). The monoisotopic (exact) mass is 540 g/mol. The van der Waals surface area contributed by atoms with E-state index in [-0.39, 0.29) is 31.9 Å². The standard InChI is InChI=1S/C17H27BN4O6S.C2HF3O2/c19-17(16(23)24)12-21(11-13(17)5-4-8-18(25)26)29(27,28)22(15-9-20-10-15)14-6-2-1-3-7-14;3-2(4,5)1(6)7/h1-3,6-7,13,15,20,25-26H,4-5,8-12,19H2,(H,23,24);(H,6,7)/t13-,17-;/m0./s1. The number of para-hydroxylation sites is 1. The van der Waals surface area contributed by atoms with Gasteiger partial charge in [0.05, 0.1) is 11.7 Å². The summed E-state index contributed by atoms with van der Waals surface area (Å²) in [5, 5.41) is 37.9. The first-order valence-corrected chi connectivity index (χ1v) is 12.2. The lowest BCUT2D eigenvalue weighted by atomic mass is 9.78. The number of carboxylic acid groups (broad SMARTS) is 2. The smallest absolute Gasteiger partial charge is 0.480 e. The van der Waals surface area contributed by atoms with E-state index < -0.39 is 46.9 Å². The molecule has 1 aromatic rings. The van der Waals surface area contributed by atoms with Gasteiger partial charge in [-0.1, -0.05) is 24.6 Å². The molecule has 0 aromatic heterocycles. The highest BCUT2D eigenvalue weighted by Crippen LogP contribution is 2.35. The van der Waals surface area contributed by atoms with E-state index in [0.717, 1.165) is 4.31 Å². The van der Waals surface area contributed by atoms with E-state index in [1.165, 1.54) is 4.31 Å². The minimum Gasteiger partial charge on any atom is -0.480 e. The van der Waals surface area contributed by atoms with Crippen LogP contribution in [0.25, 0.3) is 0 Å². The number of rotatable bonds is 9. The molecule has 0 unspecified atom stereocenters. The average molecular weight is 540 g/mol. The second-order valence-corrected chi connectivity index (χ2v) is 10.3. The fraction of sp³-hybridized carbons (Fsp3) is 0.579. The highest BCUT2D eigenvalue weighted by atomic mass is 32.2. The normalized spacial score (nSPS) is 22.8. The Morgan fingerprint density at radius 3 is 2.17 bits per heavy atom. The van der Waals surface area contributed by atoms with Crippen molar-refractivity contribution in [3.63, 3.8) is 0 Å². The zero-order valence-electron chi connectivity index (χ0n) is 19.0. The number of hydrogen-bond donors (Lipinski definition) is 6. The molecule has 12 nitrogen and oxygen atoms in total. The Balaban J connectivity index is 0.000000572. The fourth-order valence-electron chi connectivity index (χ4n) is 3.88. The number of nitrogens with two attached hydrogens (primary N) is 1. The van der Waals surface area contributed by atoms with Gasteiger partial charge < -0.3 is 31.3 Å². The molecule has 7 N–H and O–H groups in total. The number of halogens is 3. The summed E-state index contributed by atoms with van der Waals surface area (Å²) in [6, 6.07) is 8.45. The Kier molecular flexibility index (Phi) is 9.72. The topological polar surface area (TPSA) is 194 Å². The van der Waals surface area contributed by atoms with Crippen LogP contribution in [0.3, 0.4) is 0 Å². The molecule has 202 valence electrons. The first-order chi connectivity index (χ1) is 16.6. The quantitative estimate of drug-likeness (QED) is 0.218. The summed E-state index contributed by atoms with van der Waals surface area (Å²) >= 11 is 0. The molecule has 2 fully saturated rings. The maximum atomic E-state index is 13.5. The van der Waals surface area contributed by atoms with Gasteiger partial charge in [0, 0.05) is 32.1 Å². The first kappa shape index (κ1) is 29.8. The third kappa shape index (κ3) is 7.07. The highest BCUT2D eigenvalue weighted by Gasteiger charge is 2.54. The molecule has 2 atom stereocenters. The molecule has 0 saturated carbocycles. The van der Waals surface area contributed by atoms with Crippen molar-refractivity contribution in [3.8, 4) is 0 Å². The van der Waals surface area contributed by atoms with Crippen LogP contribution >= 0.6 is 0 Å². The lowest BCUT2D eigenvalue weighted by Crippen LogP contribution is -2.62. The Hall–Kier alpha value is -2.44. The Bertz CT molecular complexity index is 1010. The molecule has 0 bridgehead atoms. The third-order valence-electron chi connectivity index (χ3n) is 5.92. The van der Waals surface area contributed by atoms with E-state index in [1.54, 1.807) is 30.3 Å². The lowest BCUT2D eigenvalue weighted by molar-refractivity contribution is -0.192. The van der Waals surface area contributed by atoms with Crippen molar-refractivity contribution in [1.29, 1.82) is 0 Å². The molecule has 2 saturated heterocycles. The predicted molar refractivity (Wildman–Crippen MR) is 122 cm³/mol. The molecule has 1 aromatic carbocycles. The van der Waals surface area contributed by atoms with Crippen LogP contribution < -0.4 is 15.4 Å². The second-order valence-electron chi connectivity index (χ2n) is 8.50. The van der Waals surface area contributed by atoms with Gasteiger partial charge in [0.25, 0.3) is 0 Å². The molecule has 2 aliphatic heterocycles. The number of nitrogens with zero attached hydrogens (tertiary/aromatic N) is 2. The van der Waals surface area contributed by atoms with E-state index in [0.29, 0.717) is 25.2 Å². The summed E-state index contributed by atoms with van der Waals surface area (Å²) in [4.78, 5) is 20.8. The van der Waals surface area contributed by atoms with Crippen LogP contribution in [0.15, 0.2) is 30.3 Å². The van der Waals surface area contributed by atoms with Crippen LogP contribution in [0.4, 0.5) is 18.9 Å². The zero-order valence-corrected chi connectivity index (χ0v) is 19.8. The van der Waals surface area contributed by atoms with Gasteiger partial charge in [0.15, 0.2) is 0 Å². The number of nitrogens with one attached hydrogen (secondary N) is 1. The lowest BCUT2D eigenvalue weighted by Gasteiger charge is -2.40. The van der Waals surface area contributed by atoms with E-state index in [4.69, 9.17) is 25.7 Å². The molecule has 0 radical (unpaired) electrons. The molecular formula is C19H28BF3N4O8S. The van der Waals surface area contributed by atoms with Crippen molar-refractivity contribution in [3.05, 3.63) is 30.3 Å². The number of aliphatic carboxylic acids is 2. The van der Waals surface area contributed by atoms with Crippen LogP contribution in [-0.4, -0.2) is 96.0 Å². The van der Waals surface area contributed by atoms with Crippen LogP contribution in [0.5, 0.6) is 0 Å². The average Bonchev–Trinajstić information content (AvgIpc) is 3.09. The van der Waals surface area contributed by atoms with Crippen molar-refractivity contribution < 1.29 is 51.4 Å². The second kappa shape index (κ2) is 11.7. The summed E-state index contributed by atoms with van der Waals surface area (Å²) in [5.41, 5.74) is 4.94. The van der Waals surface area contributed by atoms with E-state index in [2.05, 4.69) is 5.32 Å². The number of hydrogen-bond acceptors (Lipinski definition) is 8. The fourth-order valence-corrected chi connectivity index (χ4v) is 5.79. The van der Waals surface area contributed by atoms with Gasteiger partial charge in [0.2, 0.25) is 0 Å². The zero-order chi connectivity index (χ0) is 27.3. The highest BCUT2D eigenvalue weighted by molar-refractivity contribution is 7.90. The summed E-state index contributed by atoms with van der Waals surface area (Å²) < 4.78 is 61.2. The van der Waals surface area contributed by atoms with Crippen LogP contribution in [0, 0.1) is 5.92 Å². The van der Waals surface area contributed by atoms with Crippen LogP contribution in [-0.2, 0) is 19.8 Å². The van der Waals surface area contributed by atoms with Gasteiger partial charge >= 0.3 is 35.4 Å². The van der Waals surface area contributed by atoms with Gasteiger partial charge in [-0.25, -0.2) is 4.79 Å². The van der Waals surface area contributed by atoms with Crippen molar-refractivity contribution >= 4 is 35.0 Å². The first-order valence-electron chi connectivity index (χ1n) is 10.8. The van der Waals surface area contributed by atoms with Crippen molar-refractivity contribution in [2.75, 3.05) is 30.5 Å². The summed E-state index contributed by atoms with van der Waals surface area (Å²) in [6.45, 7) is 0.648. The van der Waals surface area contributed by atoms with Gasteiger partial charge in [-0.3, -0.25) is 9.10 Å². The van der Waals surface area contributed by atoms with Crippen molar-refractivity contribution in [2.24, 2.45) is 11.7 Å². The molecule has 2 heterocycles. The van der Waals surface area contributed by atoms with Crippen LogP contribution in [0.2, 0.25) is 6.32 Å². The molecule has 0 aliphatic carbocycles. The number of carbonyl (C=O) groups is 2. The molecule has 0 spiro atoms. The molecule has 36 heavy (non-hydrogen) atoms. The maximum absolute atomic E-state index is 13.5. The van der Waals surface area contributed by atoms with Gasteiger partial charge in [-0.2, -0.15) is 25.9 Å². The predicted octanol–water partition coefficient (Wildman–Crippen LogP) is -0.690. The number of alkyl halides is 3. The summed E-state index contributed by atoms with van der Waals surface area (Å²) in [7, 11) is -5.50. The van der Waals surface area contributed by atoms with Crippen LogP contribution in [0.1, 0.15) is 12.8 Å². The Morgan fingerprint density at radius 1 is 1.19 bits per heavy atom. The largest absolute Gasteiger partial charge is 0.490 e. The SMILES string of the molecule is N[C@@]1(C(=O)O)CN(S(=O)(=O)N(c2ccccc2)C2CNC2)C[C@@H]1CCCB(O)O.O=C(O)C(F)(F)F. The summed E-state index contributed by atoms with van der Waals surface area (Å²) in [6.07, 6.45) is -4.40. The molecule has 0 amide bonds.